The number of nitrogens with zero attached hydrogens (tertiary/aromatic N) is 3. The number of imidazole rings is 1. The number of fused-ring (bicyclic) bond motifs is 4. The lowest BCUT2D eigenvalue weighted by atomic mass is 9.57. The third kappa shape index (κ3) is 5.25. The molecule has 2 aromatic rings. The summed E-state index contributed by atoms with van der Waals surface area (Å²) < 4.78 is 2.01. The van der Waals surface area contributed by atoms with Crippen molar-refractivity contribution in [2.45, 2.75) is 89.0 Å². The molecule has 5 aliphatic rings. The number of hydrogen-bond acceptors (Lipinski definition) is 7. The summed E-state index contributed by atoms with van der Waals surface area (Å²) in [6.07, 6.45) is 11.0. The smallest absolute Gasteiger partial charge is 0.255 e. The van der Waals surface area contributed by atoms with E-state index in [9.17, 15) is 24.0 Å². The molecular formula is C30H37N7O5. The zero-order valence-corrected chi connectivity index (χ0v) is 23.6. The van der Waals surface area contributed by atoms with Crippen molar-refractivity contribution in [3.63, 3.8) is 0 Å². The van der Waals surface area contributed by atoms with Gasteiger partial charge < -0.3 is 25.4 Å². The first kappa shape index (κ1) is 27.9. The summed E-state index contributed by atoms with van der Waals surface area (Å²) in [6.45, 7) is 2.10. The Labute approximate surface area is 244 Å². The number of nitrogens with one attached hydrogen (secondary N) is 4. The number of aryl methyl sites for hydroxylation is 1. The minimum absolute atomic E-state index is 0.105. The van der Waals surface area contributed by atoms with Gasteiger partial charge in [-0.2, -0.15) is 0 Å². The number of aromatic nitrogens is 2. The van der Waals surface area contributed by atoms with E-state index >= 15 is 0 Å². The first-order valence-corrected chi connectivity index (χ1v) is 14.8. The molecule has 1 saturated heterocycles. The number of rotatable bonds is 11. The van der Waals surface area contributed by atoms with Crippen LogP contribution in [0.4, 0.5) is 5.69 Å². The number of imide groups is 1. The van der Waals surface area contributed by atoms with Gasteiger partial charge in [0, 0.05) is 60.0 Å². The summed E-state index contributed by atoms with van der Waals surface area (Å²) in [7, 11) is 0. The molecule has 3 aliphatic carbocycles. The van der Waals surface area contributed by atoms with Gasteiger partial charge in [0.05, 0.1) is 18.6 Å². The first-order valence-electron chi connectivity index (χ1n) is 14.8. The Bertz CT molecular complexity index is 1390. The number of amides is 5. The van der Waals surface area contributed by atoms with Crippen LogP contribution in [0.5, 0.6) is 0 Å². The largest absolute Gasteiger partial charge is 0.379 e. The Morgan fingerprint density at radius 3 is 2.64 bits per heavy atom. The Kier molecular flexibility index (Phi) is 7.46. The normalized spacial score (nSPS) is 26.5. The Morgan fingerprint density at radius 2 is 1.90 bits per heavy atom. The van der Waals surface area contributed by atoms with Crippen LogP contribution in [-0.2, 0) is 38.8 Å². The van der Waals surface area contributed by atoms with Crippen LogP contribution in [0.1, 0.15) is 79.4 Å². The Hall–Kier alpha value is -4.22. The highest BCUT2D eigenvalue weighted by Gasteiger charge is 2.52. The Balaban J connectivity index is 0.971. The van der Waals surface area contributed by atoms with Crippen LogP contribution in [0, 0.1) is 5.41 Å². The van der Waals surface area contributed by atoms with Gasteiger partial charge in [-0.3, -0.25) is 29.3 Å². The number of benzene rings is 1. The summed E-state index contributed by atoms with van der Waals surface area (Å²) in [4.78, 5) is 67.0. The molecule has 4 fully saturated rings. The fourth-order valence-electron chi connectivity index (χ4n) is 7.08. The lowest BCUT2D eigenvalue weighted by molar-refractivity contribution is -0.139. The molecule has 1 aromatic carbocycles. The molecule has 12 heteroatoms. The van der Waals surface area contributed by atoms with Crippen molar-refractivity contribution in [3.8, 4) is 0 Å². The fourth-order valence-corrected chi connectivity index (χ4v) is 7.08. The van der Waals surface area contributed by atoms with Crippen LogP contribution < -0.4 is 21.3 Å². The third-order valence-corrected chi connectivity index (χ3v) is 9.70. The molecule has 3 heterocycles. The second-order valence-corrected chi connectivity index (χ2v) is 12.1. The maximum absolute atomic E-state index is 13.1. The summed E-state index contributed by atoms with van der Waals surface area (Å²) in [5.74, 6) is -0.785. The van der Waals surface area contributed by atoms with Crippen molar-refractivity contribution < 1.29 is 24.0 Å². The molecule has 5 amide bonds. The van der Waals surface area contributed by atoms with Gasteiger partial charge in [0.2, 0.25) is 24.1 Å². The molecule has 0 spiro atoms. The van der Waals surface area contributed by atoms with Crippen LogP contribution in [0.15, 0.2) is 30.7 Å². The second-order valence-electron chi connectivity index (χ2n) is 12.1. The van der Waals surface area contributed by atoms with Crippen LogP contribution in [0.2, 0.25) is 0 Å². The van der Waals surface area contributed by atoms with Gasteiger partial charge in [0.15, 0.2) is 0 Å². The lowest BCUT2D eigenvalue weighted by Crippen LogP contribution is -2.58. The molecule has 222 valence electrons. The SMILES string of the molecule is O=CNC12CCC(C(=O)NCCCn3cnc(CNc4cccc5c4CN(C4CCC(=O)NC4=O)C5=O)c3)(CC1)CC2. The highest BCUT2D eigenvalue weighted by atomic mass is 16.2. The first-order chi connectivity index (χ1) is 20.3. The standard InChI is InChI=1S/C30H37N7O5/c38-19-34-30-10-7-29(8-11-30,9-12-30)28(42)31-13-2-14-36-16-20(33-18-36)15-32-23-4-1-3-21-22(23)17-37(27(21)41)24-5-6-25(39)35-26(24)40/h1,3-4,16,18-19,24,32H,2,5-15,17H2,(H,31,42)(H,34,38)(H,35,39,40). The summed E-state index contributed by atoms with van der Waals surface area (Å²) in [5, 5.41) is 11.9. The van der Waals surface area contributed by atoms with E-state index in [1.165, 1.54) is 0 Å². The summed E-state index contributed by atoms with van der Waals surface area (Å²) in [5.41, 5.74) is 2.67. The third-order valence-electron chi connectivity index (χ3n) is 9.70. The van der Waals surface area contributed by atoms with E-state index < -0.39 is 11.9 Å². The zero-order valence-electron chi connectivity index (χ0n) is 23.6. The predicted octanol–water partition coefficient (Wildman–Crippen LogP) is 1.60. The molecule has 7 rings (SSSR count). The van der Waals surface area contributed by atoms with Gasteiger partial charge in [0.1, 0.15) is 6.04 Å². The Morgan fingerprint density at radius 1 is 1.12 bits per heavy atom. The minimum Gasteiger partial charge on any atom is -0.379 e. The quantitative estimate of drug-likeness (QED) is 0.180. The number of hydrogen-bond donors (Lipinski definition) is 4. The minimum atomic E-state index is -0.647. The van der Waals surface area contributed by atoms with Crippen molar-refractivity contribution in [1.29, 1.82) is 0 Å². The van der Waals surface area contributed by atoms with Crippen molar-refractivity contribution in [2.75, 3.05) is 11.9 Å². The maximum atomic E-state index is 13.1. The molecule has 1 unspecified atom stereocenters. The van der Waals surface area contributed by atoms with Crippen molar-refractivity contribution in [3.05, 3.63) is 47.5 Å². The van der Waals surface area contributed by atoms with Gasteiger partial charge in [-0.1, -0.05) is 6.07 Å². The lowest BCUT2D eigenvalue weighted by Gasteiger charge is -2.52. The average Bonchev–Trinajstić information content (AvgIpc) is 3.59. The molecule has 3 saturated carbocycles. The van der Waals surface area contributed by atoms with Crippen molar-refractivity contribution >= 4 is 35.7 Å². The van der Waals surface area contributed by atoms with Gasteiger partial charge in [-0.15, -0.1) is 0 Å². The monoisotopic (exact) mass is 575 g/mol. The van der Waals surface area contributed by atoms with E-state index in [1.807, 2.05) is 22.9 Å². The number of piperidine rings is 1. The molecule has 42 heavy (non-hydrogen) atoms. The second kappa shape index (κ2) is 11.2. The zero-order chi connectivity index (χ0) is 29.3. The van der Waals surface area contributed by atoms with Crippen LogP contribution >= 0.6 is 0 Å². The number of anilines is 1. The molecule has 4 N–H and O–H groups in total. The maximum Gasteiger partial charge on any atom is 0.255 e. The average molecular weight is 576 g/mol. The van der Waals surface area contributed by atoms with Gasteiger partial charge >= 0.3 is 0 Å². The van der Waals surface area contributed by atoms with E-state index in [2.05, 4.69) is 26.3 Å². The van der Waals surface area contributed by atoms with Crippen LogP contribution in [0.25, 0.3) is 0 Å². The summed E-state index contributed by atoms with van der Waals surface area (Å²) >= 11 is 0. The molecule has 12 nitrogen and oxygen atoms in total. The molecule has 2 aliphatic heterocycles. The molecule has 1 aromatic heterocycles. The van der Waals surface area contributed by atoms with E-state index in [0.717, 1.165) is 74.8 Å². The van der Waals surface area contributed by atoms with E-state index in [0.29, 0.717) is 31.6 Å². The van der Waals surface area contributed by atoms with Crippen LogP contribution in [0.3, 0.4) is 0 Å². The molecule has 1 atom stereocenters. The molecule has 2 bridgehead atoms. The highest BCUT2D eigenvalue weighted by Crippen LogP contribution is 2.52. The van der Waals surface area contributed by atoms with Gasteiger partial charge in [-0.05, 0) is 63.5 Å². The number of carbonyl (C=O) groups is 5. The van der Waals surface area contributed by atoms with Gasteiger partial charge in [-0.25, -0.2) is 4.98 Å². The molecular weight excluding hydrogens is 538 g/mol. The van der Waals surface area contributed by atoms with Crippen LogP contribution in [-0.4, -0.2) is 62.6 Å². The van der Waals surface area contributed by atoms with Crippen molar-refractivity contribution in [2.24, 2.45) is 5.41 Å². The predicted molar refractivity (Wildman–Crippen MR) is 152 cm³/mol. The molecule has 0 radical (unpaired) electrons. The van der Waals surface area contributed by atoms with Gasteiger partial charge in [0.25, 0.3) is 5.91 Å². The van der Waals surface area contributed by atoms with E-state index in [1.54, 1.807) is 17.3 Å². The fraction of sp³-hybridized carbons (Fsp3) is 0.533. The van der Waals surface area contributed by atoms with E-state index in [4.69, 9.17) is 0 Å². The summed E-state index contributed by atoms with van der Waals surface area (Å²) in [6, 6.07) is 4.85. The van der Waals surface area contributed by atoms with Crippen molar-refractivity contribution in [1.82, 2.24) is 30.4 Å². The van der Waals surface area contributed by atoms with E-state index in [-0.39, 0.29) is 35.1 Å². The number of carbonyl (C=O) groups excluding carboxylic acids is 5. The highest BCUT2D eigenvalue weighted by molar-refractivity contribution is 6.06. The topological polar surface area (TPSA) is 155 Å².